The lowest BCUT2D eigenvalue weighted by atomic mass is 9.89. The van der Waals surface area contributed by atoms with Gasteiger partial charge in [0.2, 0.25) is 0 Å². The van der Waals surface area contributed by atoms with E-state index < -0.39 is 6.10 Å². The normalized spacial score (nSPS) is 16.8. The smallest absolute Gasteiger partial charge is 0.256 e. The zero-order valence-electron chi connectivity index (χ0n) is 13.6. The van der Waals surface area contributed by atoms with Crippen LogP contribution in [0.4, 0.5) is 0 Å². The van der Waals surface area contributed by atoms with Crippen LogP contribution in [0.1, 0.15) is 35.0 Å². The number of aliphatic hydroxyl groups excluding tert-OH is 1. The second kappa shape index (κ2) is 7.77. The lowest BCUT2D eigenvalue weighted by Crippen LogP contribution is -2.40. The Labute approximate surface area is 146 Å². The molecule has 6 heteroatoms. The number of piperidine rings is 1. The highest BCUT2D eigenvalue weighted by atomic mass is 32.2. The van der Waals surface area contributed by atoms with Crippen molar-refractivity contribution in [3.63, 3.8) is 0 Å². The molecule has 1 aliphatic rings. The lowest BCUT2D eigenvalue weighted by molar-refractivity contribution is 0.0445. The maximum absolute atomic E-state index is 12.7. The standard InChI is InChI=1S/C18H21N3O2S/c1-24-17-14(5-4-10-20-17)18(23)21-11-7-13(8-12-21)16(22)15-6-2-3-9-19-15/h2-6,9-10,13,16,22H,7-8,11-12H2,1H3/t16-/m1/s1. The van der Waals surface area contributed by atoms with E-state index in [0.717, 1.165) is 17.9 Å². The Kier molecular flexibility index (Phi) is 5.48. The summed E-state index contributed by atoms with van der Waals surface area (Å²) >= 11 is 1.48. The number of thioether (sulfide) groups is 1. The van der Waals surface area contributed by atoms with E-state index in [9.17, 15) is 9.90 Å². The van der Waals surface area contributed by atoms with Gasteiger partial charge in [0.25, 0.3) is 5.91 Å². The second-order valence-corrected chi connectivity index (χ2v) is 6.68. The third kappa shape index (κ3) is 3.60. The first-order valence-corrected chi connectivity index (χ1v) is 9.30. The van der Waals surface area contributed by atoms with Crippen LogP contribution in [0.15, 0.2) is 47.8 Å². The number of carbonyl (C=O) groups excluding carboxylic acids is 1. The summed E-state index contributed by atoms with van der Waals surface area (Å²) < 4.78 is 0. The Balaban J connectivity index is 1.64. The van der Waals surface area contributed by atoms with Gasteiger partial charge in [0.05, 0.1) is 17.4 Å². The molecule has 1 saturated heterocycles. The minimum Gasteiger partial charge on any atom is -0.387 e. The van der Waals surface area contributed by atoms with Gasteiger partial charge in [0.1, 0.15) is 5.03 Å². The van der Waals surface area contributed by atoms with Crippen molar-refractivity contribution in [1.29, 1.82) is 0 Å². The van der Waals surface area contributed by atoms with Gasteiger partial charge >= 0.3 is 0 Å². The first-order valence-electron chi connectivity index (χ1n) is 8.08. The molecule has 0 spiro atoms. The van der Waals surface area contributed by atoms with E-state index in [2.05, 4.69) is 9.97 Å². The van der Waals surface area contributed by atoms with Gasteiger partial charge < -0.3 is 10.0 Å². The largest absolute Gasteiger partial charge is 0.387 e. The van der Waals surface area contributed by atoms with E-state index in [4.69, 9.17) is 0 Å². The van der Waals surface area contributed by atoms with E-state index in [1.165, 1.54) is 11.8 Å². The van der Waals surface area contributed by atoms with Crippen LogP contribution in [-0.2, 0) is 0 Å². The zero-order chi connectivity index (χ0) is 16.9. The molecule has 3 rings (SSSR count). The number of rotatable bonds is 4. The molecule has 2 aromatic heterocycles. The summed E-state index contributed by atoms with van der Waals surface area (Å²) in [5.41, 5.74) is 1.37. The molecule has 0 aliphatic carbocycles. The van der Waals surface area contributed by atoms with Crippen LogP contribution in [0, 0.1) is 5.92 Å². The average Bonchev–Trinajstić information content (AvgIpc) is 2.67. The summed E-state index contributed by atoms with van der Waals surface area (Å²) in [6, 6.07) is 9.20. The predicted molar refractivity (Wildman–Crippen MR) is 93.8 cm³/mol. The molecule has 2 aromatic rings. The molecule has 1 aliphatic heterocycles. The van der Waals surface area contributed by atoms with Crippen LogP contribution in [0.25, 0.3) is 0 Å². The molecule has 1 atom stereocenters. The molecule has 1 N–H and O–H groups in total. The fourth-order valence-electron chi connectivity index (χ4n) is 3.10. The van der Waals surface area contributed by atoms with E-state index >= 15 is 0 Å². The zero-order valence-corrected chi connectivity index (χ0v) is 14.4. The van der Waals surface area contributed by atoms with Crippen LogP contribution >= 0.6 is 11.8 Å². The fourth-order valence-corrected chi connectivity index (χ4v) is 3.64. The van der Waals surface area contributed by atoms with Gasteiger partial charge in [-0.25, -0.2) is 4.98 Å². The summed E-state index contributed by atoms with van der Waals surface area (Å²) in [6.45, 7) is 1.30. The molecule has 24 heavy (non-hydrogen) atoms. The monoisotopic (exact) mass is 343 g/mol. The number of aromatic nitrogens is 2. The Morgan fingerprint density at radius 1 is 1.21 bits per heavy atom. The van der Waals surface area contributed by atoms with E-state index in [-0.39, 0.29) is 11.8 Å². The number of hydrogen-bond acceptors (Lipinski definition) is 5. The van der Waals surface area contributed by atoms with Crippen LogP contribution in [0.5, 0.6) is 0 Å². The Morgan fingerprint density at radius 2 is 1.96 bits per heavy atom. The summed E-state index contributed by atoms with van der Waals surface area (Å²) in [4.78, 5) is 23.1. The average molecular weight is 343 g/mol. The highest BCUT2D eigenvalue weighted by Crippen LogP contribution is 2.30. The molecule has 0 aromatic carbocycles. The quantitative estimate of drug-likeness (QED) is 0.865. The van der Waals surface area contributed by atoms with E-state index in [0.29, 0.717) is 24.3 Å². The third-order valence-electron chi connectivity index (χ3n) is 4.46. The van der Waals surface area contributed by atoms with Gasteiger partial charge in [0.15, 0.2) is 0 Å². The van der Waals surface area contributed by atoms with Crippen molar-refractivity contribution in [1.82, 2.24) is 14.9 Å². The van der Waals surface area contributed by atoms with Gasteiger partial charge in [-0.3, -0.25) is 9.78 Å². The highest BCUT2D eigenvalue weighted by Gasteiger charge is 2.30. The first kappa shape index (κ1) is 16.9. The minimum absolute atomic E-state index is 0.0261. The molecule has 0 radical (unpaired) electrons. The first-order chi connectivity index (χ1) is 11.7. The molecule has 126 valence electrons. The van der Waals surface area contributed by atoms with Crippen molar-refractivity contribution < 1.29 is 9.90 Å². The number of likely N-dealkylation sites (tertiary alicyclic amines) is 1. The number of hydrogen-bond donors (Lipinski definition) is 1. The summed E-state index contributed by atoms with van der Waals surface area (Å²) in [5.74, 6) is 0.163. The molecule has 3 heterocycles. The van der Waals surface area contributed by atoms with Crippen LogP contribution in [0.2, 0.25) is 0 Å². The van der Waals surface area contributed by atoms with Crippen molar-refractivity contribution in [2.24, 2.45) is 5.92 Å². The lowest BCUT2D eigenvalue weighted by Gasteiger charge is -2.34. The van der Waals surface area contributed by atoms with Gasteiger partial charge in [-0.15, -0.1) is 11.8 Å². The maximum Gasteiger partial charge on any atom is 0.256 e. The Morgan fingerprint density at radius 3 is 2.62 bits per heavy atom. The van der Waals surface area contributed by atoms with Crippen LogP contribution in [-0.4, -0.2) is 45.2 Å². The fraction of sp³-hybridized carbons (Fsp3) is 0.389. The van der Waals surface area contributed by atoms with Crippen molar-refractivity contribution in [3.8, 4) is 0 Å². The van der Waals surface area contributed by atoms with Crippen molar-refractivity contribution >= 4 is 17.7 Å². The molecule has 0 unspecified atom stereocenters. The van der Waals surface area contributed by atoms with E-state index in [1.54, 1.807) is 18.5 Å². The topological polar surface area (TPSA) is 66.3 Å². The van der Waals surface area contributed by atoms with Crippen molar-refractivity contribution in [3.05, 3.63) is 54.0 Å². The van der Waals surface area contributed by atoms with Gasteiger partial charge in [0, 0.05) is 25.5 Å². The van der Waals surface area contributed by atoms with E-state index in [1.807, 2.05) is 35.4 Å². The highest BCUT2D eigenvalue weighted by molar-refractivity contribution is 7.98. The Bertz CT molecular complexity index is 688. The Hall–Kier alpha value is -1.92. The number of nitrogens with zero attached hydrogens (tertiary/aromatic N) is 3. The molecular formula is C18H21N3O2S. The second-order valence-electron chi connectivity index (χ2n) is 5.89. The van der Waals surface area contributed by atoms with Crippen molar-refractivity contribution in [2.75, 3.05) is 19.3 Å². The molecular weight excluding hydrogens is 322 g/mol. The number of carbonyl (C=O) groups is 1. The van der Waals surface area contributed by atoms with Gasteiger partial charge in [-0.1, -0.05) is 6.07 Å². The van der Waals surface area contributed by atoms with Crippen LogP contribution in [0.3, 0.4) is 0 Å². The van der Waals surface area contributed by atoms with Crippen LogP contribution < -0.4 is 0 Å². The molecule has 5 nitrogen and oxygen atoms in total. The molecule has 1 fully saturated rings. The minimum atomic E-state index is -0.566. The number of pyridine rings is 2. The number of amides is 1. The molecule has 1 amide bonds. The maximum atomic E-state index is 12.7. The van der Waals surface area contributed by atoms with Gasteiger partial charge in [-0.2, -0.15) is 0 Å². The SMILES string of the molecule is CSc1ncccc1C(=O)N1CCC([C@@H](O)c2ccccn2)CC1. The summed E-state index contributed by atoms with van der Waals surface area (Å²) in [7, 11) is 0. The molecule has 0 bridgehead atoms. The third-order valence-corrected chi connectivity index (χ3v) is 5.17. The van der Waals surface area contributed by atoms with Crippen molar-refractivity contribution in [2.45, 2.75) is 24.0 Å². The van der Waals surface area contributed by atoms with Gasteiger partial charge in [-0.05, 0) is 49.3 Å². The summed E-state index contributed by atoms with van der Waals surface area (Å²) in [5, 5.41) is 11.3. The summed E-state index contributed by atoms with van der Waals surface area (Å²) in [6.07, 6.45) is 6.32. The molecule has 0 saturated carbocycles. The number of aliphatic hydroxyl groups is 1. The predicted octanol–water partition coefficient (Wildman–Crippen LogP) is 2.78.